The van der Waals surface area contributed by atoms with Crippen LogP contribution in [0.2, 0.25) is 5.15 Å². The van der Waals surface area contributed by atoms with E-state index in [0.717, 1.165) is 3.57 Å². The second kappa shape index (κ2) is 5.64. The fraction of sp³-hybridized carbons (Fsp3) is 0.0833. The summed E-state index contributed by atoms with van der Waals surface area (Å²) in [6, 6.07) is 8.20. The van der Waals surface area contributed by atoms with Gasteiger partial charge in [0.2, 0.25) is 0 Å². The maximum absolute atomic E-state index is 12.1. The van der Waals surface area contributed by atoms with Crippen LogP contribution >= 0.6 is 34.2 Å². The van der Waals surface area contributed by atoms with Gasteiger partial charge in [0, 0.05) is 3.57 Å². The van der Waals surface area contributed by atoms with Gasteiger partial charge in [-0.2, -0.15) is 8.42 Å². The lowest BCUT2D eigenvalue weighted by Gasteiger charge is -2.08. The topological polar surface area (TPSA) is 56.3 Å². The van der Waals surface area contributed by atoms with Crippen molar-refractivity contribution in [2.24, 2.45) is 0 Å². The number of nitrogens with zero attached hydrogens (tertiary/aromatic N) is 1. The normalized spacial score (nSPS) is 11.3. The van der Waals surface area contributed by atoms with Crippen LogP contribution in [0.1, 0.15) is 5.56 Å². The van der Waals surface area contributed by atoms with Crippen molar-refractivity contribution in [3.8, 4) is 5.75 Å². The minimum absolute atomic E-state index is 0.0201. The van der Waals surface area contributed by atoms with E-state index in [9.17, 15) is 8.42 Å². The summed E-state index contributed by atoms with van der Waals surface area (Å²) < 4.78 is 30.1. The van der Waals surface area contributed by atoms with Crippen LogP contribution in [0.5, 0.6) is 5.75 Å². The molecule has 4 nitrogen and oxygen atoms in total. The molecule has 0 aliphatic heterocycles. The average molecular weight is 410 g/mol. The van der Waals surface area contributed by atoms with E-state index in [1.165, 1.54) is 12.3 Å². The van der Waals surface area contributed by atoms with Crippen molar-refractivity contribution >= 4 is 44.3 Å². The SMILES string of the molecule is Cc1cc(S(=O)(=O)Oc2cccc(I)c2)cnc1Cl. The van der Waals surface area contributed by atoms with Crippen LogP contribution in [0.4, 0.5) is 0 Å². The first kappa shape index (κ1) is 14.5. The maximum atomic E-state index is 12.1. The third-order valence-electron chi connectivity index (χ3n) is 2.28. The molecular formula is C12H9ClINO3S. The van der Waals surface area contributed by atoms with Crippen molar-refractivity contribution in [1.29, 1.82) is 0 Å². The summed E-state index contributed by atoms with van der Waals surface area (Å²) in [4.78, 5) is 3.79. The lowest BCUT2D eigenvalue weighted by Crippen LogP contribution is -2.10. The van der Waals surface area contributed by atoms with Crippen LogP contribution in [-0.4, -0.2) is 13.4 Å². The molecule has 0 amide bonds. The van der Waals surface area contributed by atoms with Crippen LogP contribution in [-0.2, 0) is 10.1 Å². The van der Waals surface area contributed by atoms with Gasteiger partial charge in [-0.1, -0.05) is 17.7 Å². The zero-order valence-corrected chi connectivity index (χ0v) is 13.5. The number of rotatable bonds is 3. The highest BCUT2D eigenvalue weighted by Crippen LogP contribution is 2.22. The number of aromatic nitrogens is 1. The highest BCUT2D eigenvalue weighted by atomic mass is 127. The van der Waals surface area contributed by atoms with Crippen molar-refractivity contribution in [2.75, 3.05) is 0 Å². The molecule has 1 heterocycles. The molecule has 0 bridgehead atoms. The van der Waals surface area contributed by atoms with Crippen LogP contribution in [0.3, 0.4) is 0 Å². The molecule has 100 valence electrons. The molecule has 1 aromatic carbocycles. The van der Waals surface area contributed by atoms with E-state index in [1.54, 1.807) is 25.1 Å². The molecule has 19 heavy (non-hydrogen) atoms. The van der Waals surface area contributed by atoms with Crippen LogP contribution < -0.4 is 4.18 Å². The Morgan fingerprint density at radius 2 is 2.05 bits per heavy atom. The van der Waals surface area contributed by atoms with Crippen LogP contribution in [0.25, 0.3) is 0 Å². The van der Waals surface area contributed by atoms with Gasteiger partial charge in [0.25, 0.3) is 0 Å². The summed E-state index contributed by atoms with van der Waals surface area (Å²) in [5.74, 6) is 0.263. The maximum Gasteiger partial charge on any atom is 0.340 e. The molecule has 7 heteroatoms. The van der Waals surface area contributed by atoms with Gasteiger partial charge in [-0.3, -0.25) is 0 Å². The molecule has 2 rings (SSSR count). The number of pyridine rings is 1. The van der Waals surface area contributed by atoms with Gasteiger partial charge in [-0.15, -0.1) is 0 Å². The second-order valence-electron chi connectivity index (χ2n) is 3.77. The summed E-state index contributed by atoms with van der Waals surface area (Å²) in [5.41, 5.74) is 0.578. The third kappa shape index (κ3) is 3.58. The molecule has 0 spiro atoms. The van der Waals surface area contributed by atoms with Crippen molar-refractivity contribution in [2.45, 2.75) is 11.8 Å². The van der Waals surface area contributed by atoms with Gasteiger partial charge in [0.05, 0.1) is 6.20 Å². The van der Waals surface area contributed by atoms with Gasteiger partial charge in [0.15, 0.2) is 0 Å². The summed E-state index contributed by atoms with van der Waals surface area (Å²) in [6.07, 6.45) is 1.18. The average Bonchev–Trinajstić information content (AvgIpc) is 2.32. The molecule has 2 aromatic rings. The second-order valence-corrected chi connectivity index (χ2v) is 6.92. The Morgan fingerprint density at radius 3 is 2.68 bits per heavy atom. The highest BCUT2D eigenvalue weighted by Gasteiger charge is 2.18. The van der Waals surface area contributed by atoms with Crippen molar-refractivity contribution in [3.05, 3.63) is 50.8 Å². The van der Waals surface area contributed by atoms with Gasteiger partial charge in [-0.25, -0.2) is 4.98 Å². The van der Waals surface area contributed by atoms with Gasteiger partial charge in [0.1, 0.15) is 15.8 Å². The number of benzene rings is 1. The van der Waals surface area contributed by atoms with E-state index in [4.69, 9.17) is 15.8 Å². The lowest BCUT2D eigenvalue weighted by molar-refractivity contribution is 0.485. The predicted octanol–water partition coefficient (Wildman–Crippen LogP) is 3.42. The van der Waals surface area contributed by atoms with Gasteiger partial charge in [-0.05, 0) is 59.3 Å². The summed E-state index contributed by atoms with van der Waals surface area (Å²) in [6.45, 7) is 1.68. The molecule has 0 radical (unpaired) electrons. The predicted molar refractivity (Wildman–Crippen MR) is 81.0 cm³/mol. The lowest BCUT2D eigenvalue weighted by atomic mass is 10.3. The first-order valence-electron chi connectivity index (χ1n) is 5.21. The van der Waals surface area contributed by atoms with Crippen molar-refractivity contribution in [3.63, 3.8) is 0 Å². The number of aryl methyl sites for hydroxylation is 1. The van der Waals surface area contributed by atoms with E-state index >= 15 is 0 Å². The fourth-order valence-electron chi connectivity index (χ4n) is 1.36. The molecule has 1 aromatic heterocycles. The van der Waals surface area contributed by atoms with E-state index in [-0.39, 0.29) is 15.8 Å². The Labute approximate surface area is 130 Å². The molecule has 0 fully saturated rings. The molecule has 0 aliphatic carbocycles. The Kier molecular flexibility index (Phi) is 4.32. The monoisotopic (exact) mass is 409 g/mol. The standard InChI is InChI=1S/C12H9ClINO3S/c1-8-5-11(7-15-12(8)13)19(16,17)18-10-4-2-3-9(14)6-10/h2-7H,1H3. The number of hydrogen-bond donors (Lipinski definition) is 0. The summed E-state index contributed by atoms with van der Waals surface area (Å²) >= 11 is 7.84. The van der Waals surface area contributed by atoms with Crippen molar-refractivity contribution < 1.29 is 12.6 Å². The first-order chi connectivity index (χ1) is 8.88. The number of hydrogen-bond acceptors (Lipinski definition) is 4. The number of halogens is 2. The molecule has 0 saturated heterocycles. The largest absolute Gasteiger partial charge is 0.379 e. The van der Waals surface area contributed by atoms with E-state index in [1.807, 2.05) is 6.07 Å². The first-order valence-corrected chi connectivity index (χ1v) is 8.07. The van der Waals surface area contributed by atoms with Gasteiger partial charge >= 0.3 is 10.1 Å². The smallest absolute Gasteiger partial charge is 0.340 e. The summed E-state index contributed by atoms with van der Waals surface area (Å²) in [7, 11) is -3.89. The minimum Gasteiger partial charge on any atom is -0.379 e. The molecular weight excluding hydrogens is 401 g/mol. The quantitative estimate of drug-likeness (QED) is 0.443. The minimum atomic E-state index is -3.89. The van der Waals surface area contributed by atoms with E-state index < -0.39 is 10.1 Å². The zero-order chi connectivity index (χ0) is 14.0. The molecule has 0 atom stereocenters. The van der Waals surface area contributed by atoms with Crippen LogP contribution in [0, 0.1) is 10.5 Å². The fourth-order valence-corrected chi connectivity index (χ4v) is 2.94. The molecule has 0 N–H and O–H groups in total. The Balaban J connectivity index is 2.35. The van der Waals surface area contributed by atoms with Crippen LogP contribution in [0.15, 0.2) is 41.4 Å². The highest BCUT2D eigenvalue weighted by molar-refractivity contribution is 14.1. The van der Waals surface area contributed by atoms with Gasteiger partial charge < -0.3 is 4.18 Å². The molecule has 0 unspecified atom stereocenters. The Morgan fingerprint density at radius 1 is 1.32 bits per heavy atom. The van der Waals surface area contributed by atoms with E-state index in [2.05, 4.69) is 27.6 Å². The Bertz CT molecular complexity index is 719. The van der Waals surface area contributed by atoms with E-state index in [0.29, 0.717) is 5.56 Å². The molecule has 0 aliphatic rings. The zero-order valence-electron chi connectivity index (χ0n) is 9.80. The van der Waals surface area contributed by atoms with Crippen molar-refractivity contribution in [1.82, 2.24) is 4.98 Å². The molecule has 0 saturated carbocycles. The Hall–Kier alpha value is -0.860. The summed E-state index contributed by atoms with van der Waals surface area (Å²) in [5, 5.41) is 0.271. The third-order valence-corrected chi connectivity index (χ3v) is 4.56.